The van der Waals surface area contributed by atoms with Gasteiger partial charge in [-0.25, -0.2) is 0 Å². The van der Waals surface area contributed by atoms with Crippen LogP contribution in [0.2, 0.25) is 0 Å². The van der Waals surface area contributed by atoms with Crippen LogP contribution in [0.15, 0.2) is 243 Å². The zero-order chi connectivity index (χ0) is 42.2. The van der Waals surface area contributed by atoms with Crippen molar-refractivity contribution >= 4 is 38.9 Å². The summed E-state index contributed by atoms with van der Waals surface area (Å²) in [7, 11) is 0. The lowest BCUT2D eigenvalue weighted by Crippen LogP contribution is -2.32. The highest BCUT2D eigenvalue weighted by molar-refractivity contribution is 6.10. The normalized spacial score (nSPS) is 12.9. The van der Waals surface area contributed by atoms with E-state index >= 15 is 0 Å². The predicted molar refractivity (Wildman–Crippen MR) is 264 cm³/mol. The Hall–Kier alpha value is -8.40. The van der Waals surface area contributed by atoms with Crippen molar-refractivity contribution in [1.82, 2.24) is 4.57 Å². The summed E-state index contributed by atoms with van der Waals surface area (Å²) in [4.78, 5) is 2.39. The summed E-state index contributed by atoms with van der Waals surface area (Å²) < 4.78 is 9.39. The summed E-state index contributed by atoms with van der Waals surface area (Å²) in [5, 5.41) is 2.34. The molecule has 3 heteroatoms. The van der Waals surface area contributed by atoms with Gasteiger partial charge in [-0.15, -0.1) is 0 Å². The smallest absolute Gasteiger partial charge is 0.133 e. The highest BCUT2D eigenvalue weighted by Gasteiger charge is 2.51. The molecule has 0 unspecified atom stereocenters. The van der Waals surface area contributed by atoms with E-state index in [-0.39, 0.29) is 0 Å². The van der Waals surface area contributed by atoms with Gasteiger partial charge in [0.15, 0.2) is 0 Å². The van der Waals surface area contributed by atoms with Crippen molar-refractivity contribution in [1.29, 1.82) is 0 Å². The molecule has 10 aromatic carbocycles. The number of hydrogen-bond acceptors (Lipinski definition) is 2. The van der Waals surface area contributed by atoms with Crippen molar-refractivity contribution in [3.05, 3.63) is 265 Å². The van der Waals surface area contributed by atoms with Crippen LogP contribution in [0.5, 0.6) is 11.5 Å². The van der Waals surface area contributed by atoms with Crippen molar-refractivity contribution in [2.24, 2.45) is 0 Å². The number of ether oxygens (including phenoxy) is 1. The van der Waals surface area contributed by atoms with Crippen LogP contribution in [0.3, 0.4) is 0 Å². The number of hydrogen-bond donors (Lipinski definition) is 0. The Morgan fingerprint density at radius 3 is 1.58 bits per heavy atom. The van der Waals surface area contributed by atoms with Gasteiger partial charge in [-0.2, -0.15) is 0 Å². The van der Waals surface area contributed by atoms with Gasteiger partial charge in [0.2, 0.25) is 0 Å². The van der Waals surface area contributed by atoms with E-state index in [0.717, 1.165) is 56.2 Å². The Kier molecular flexibility index (Phi) is 8.13. The van der Waals surface area contributed by atoms with E-state index < -0.39 is 5.41 Å². The van der Waals surface area contributed by atoms with E-state index in [4.69, 9.17) is 4.74 Å². The number of benzene rings is 10. The third kappa shape index (κ3) is 5.34. The number of nitrogens with zero attached hydrogens (tertiary/aromatic N) is 2. The average Bonchev–Trinajstić information content (AvgIpc) is 3.85. The van der Waals surface area contributed by atoms with Crippen LogP contribution in [0.1, 0.15) is 22.3 Å². The van der Waals surface area contributed by atoms with Gasteiger partial charge in [-0.05, 0) is 106 Å². The molecule has 0 bridgehead atoms. The zero-order valence-corrected chi connectivity index (χ0v) is 34.9. The number of aromatic nitrogens is 1. The lowest BCUT2D eigenvalue weighted by molar-refractivity contribution is 0.437. The molecule has 0 atom stereocenters. The standard InChI is InChI=1S/C61H40N2O/c1-3-17-41(18-4-1)42-31-33-44(34-32-42)62(56-28-14-9-21-47(56)43-19-5-2-6-20-43)45-35-37-46(38-36-45)63-57-29-15-10-24-50(57)51-39-60-55(40-58(51)63)61(54-27-13-16-30-59(54)64-60)52-25-11-7-22-48(52)49-23-8-12-26-53(49)61/h1-40H. The molecule has 0 amide bonds. The average molecular weight is 817 g/mol. The van der Waals surface area contributed by atoms with E-state index in [2.05, 4.69) is 252 Å². The minimum atomic E-state index is -0.556. The van der Waals surface area contributed by atoms with Crippen LogP contribution in [0.4, 0.5) is 17.1 Å². The molecule has 0 fully saturated rings. The number of para-hydroxylation sites is 3. The van der Waals surface area contributed by atoms with Crippen LogP contribution in [-0.4, -0.2) is 4.57 Å². The van der Waals surface area contributed by atoms with Gasteiger partial charge in [-0.1, -0.05) is 176 Å². The van der Waals surface area contributed by atoms with E-state index in [9.17, 15) is 0 Å². The highest BCUT2D eigenvalue weighted by Crippen LogP contribution is 2.62. The molecular weight excluding hydrogens is 777 g/mol. The second-order valence-corrected chi connectivity index (χ2v) is 16.8. The number of fused-ring (bicyclic) bond motifs is 12. The first-order valence-corrected chi connectivity index (χ1v) is 22.0. The van der Waals surface area contributed by atoms with Crippen molar-refractivity contribution in [3.8, 4) is 50.6 Å². The summed E-state index contributed by atoms with van der Waals surface area (Å²) in [5.41, 5.74) is 18.2. The fraction of sp³-hybridized carbons (Fsp3) is 0.0164. The summed E-state index contributed by atoms with van der Waals surface area (Å²) in [6.45, 7) is 0. The summed E-state index contributed by atoms with van der Waals surface area (Å²) in [5.74, 6) is 1.79. The van der Waals surface area contributed by atoms with Gasteiger partial charge in [-0.3, -0.25) is 0 Å². The topological polar surface area (TPSA) is 17.4 Å². The van der Waals surface area contributed by atoms with Crippen LogP contribution in [-0.2, 0) is 5.41 Å². The predicted octanol–water partition coefficient (Wildman–Crippen LogP) is 16.1. The van der Waals surface area contributed by atoms with E-state index in [1.807, 2.05) is 0 Å². The summed E-state index contributed by atoms with van der Waals surface area (Å²) >= 11 is 0. The molecule has 11 aromatic rings. The number of rotatable bonds is 6. The second kappa shape index (κ2) is 14.3. The summed E-state index contributed by atoms with van der Waals surface area (Å²) in [6.07, 6.45) is 0. The molecule has 0 saturated heterocycles. The SMILES string of the molecule is c1ccc(-c2ccc(N(c3ccc(-n4c5ccccc5c5cc6c(cc54)C4(c5ccccc5O6)c5ccccc5-c5ccccc54)cc3)c3ccccc3-c3ccccc3)cc2)cc1. The molecule has 0 saturated carbocycles. The van der Waals surface area contributed by atoms with E-state index in [1.165, 1.54) is 55.5 Å². The molecule has 1 aliphatic heterocycles. The number of anilines is 3. The van der Waals surface area contributed by atoms with E-state index in [1.54, 1.807) is 0 Å². The van der Waals surface area contributed by atoms with Crippen molar-refractivity contribution < 1.29 is 4.74 Å². The van der Waals surface area contributed by atoms with Crippen molar-refractivity contribution in [2.75, 3.05) is 4.90 Å². The maximum Gasteiger partial charge on any atom is 0.133 e. The molecule has 1 aromatic heterocycles. The monoisotopic (exact) mass is 816 g/mol. The van der Waals surface area contributed by atoms with Gasteiger partial charge >= 0.3 is 0 Å². The van der Waals surface area contributed by atoms with Crippen LogP contribution in [0, 0.1) is 0 Å². The molecule has 64 heavy (non-hydrogen) atoms. The zero-order valence-electron chi connectivity index (χ0n) is 34.9. The third-order valence-corrected chi connectivity index (χ3v) is 13.5. The summed E-state index contributed by atoms with van der Waals surface area (Å²) in [6, 6.07) is 87.9. The van der Waals surface area contributed by atoms with Gasteiger partial charge < -0.3 is 14.2 Å². The Labute approximate surface area is 372 Å². The first kappa shape index (κ1) is 36.3. The largest absolute Gasteiger partial charge is 0.457 e. The van der Waals surface area contributed by atoms with Crippen LogP contribution >= 0.6 is 0 Å². The lowest BCUT2D eigenvalue weighted by atomic mass is 9.66. The van der Waals surface area contributed by atoms with Gasteiger partial charge in [0.05, 0.1) is 22.1 Å². The van der Waals surface area contributed by atoms with Gasteiger partial charge in [0, 0.05) is 44.5 Å². The molecule has 2 aliphatic rings. The Morgan fingerprint density at radius 2 is 0.875 bits per heavy atom. The first-order valence-electron chi connectivity index (χ1n) is 22.0. The van der Waals surface area contributed by atoms with Crippen molar-refractivity contribution in [3.63, 3.8) is 0 Å². The molecule has 0 N–H and O–H groups in total. The molecule has 2 heterocycles. The molecule has 0 radical (unpaired) electrons. The minimum Gasteiger partial charge on any atom is -0.457 e. The van der Waals surface area contributed by atoms with Gasteiger partial charge in [0.1, 0.15) is 11.5 Å². The molecule has 3 nitrogen and oxygen atoms in total. The van der Waals surface area contributed by atoms with Crippen molar-refractivity contribution in [2.45, 2.75) is 5.41 Å². The molecule has 1 spiro atoms. The Bertz CT molecular complexity index is 3520. The van der Waals surface area contributed by atoms with Crippen LogP contribution < -0.4 is 9.64 Å². The molecule has 1 aliphatic carbocycles. The quantitative estimate of drug-likeness (QED) is 0.166. The lowest BCUT2D eigenvalue weighted by Gasteiger charge is -2.39. The Balaban J connectivity index is 1.01. The minimum absolute atomic E-state index is 0.556. The fourth-order valence-corrected chi connectivity index (χ4v) is 10.7. The highest BCUT2D eigenvalue weighted by atomic mass is 16.5. The van der Waals surface area contributed by atoms with E-state index in [0.29, 0.717) is 0 Å². The second-order valence-electron chi connectivity index (χ2n) is 16.8. The Morgan fingerprint density at radius 1 is 0.344 bits per heavy atom. The maximum absolute atomic E-state index is 6.95. The third-order valence-electron chi connectivity index (χ3n) is 13.5. The fourth-order valence-electron chi connectivity index (χ4n) is 10.7. The molecular formula is C61H40N2O. The maximum atomic E-state index is 6.95. The molecule has 13 rings (SSSR count). The van der Waals surface area contributed by atoms with Crippen LogP contribution in [0.25, 0.3) is 60.9 Å². The van der Waals surface area contributed by atoms with Gasteiger partial charge in [0.25, 0.3) is 0 Å². The first-order chi connectivity index (χ1) is 31.8. The molecule has 300 valence electrons.